The molecule has 0 N–H and O–H groups in total. The molecule has 0 aromatic rings. The summed E-state index contributed by atoms with van der Waals surface area (Å²) in [4.78, 5) is 0. The predicted molar refractivity (Wildman–Crippen MR) is 55.4 cm³/mol. The normalized spacial score (nSPS) is 26.9. The summed E-state index contributed by atoms with van der Waals surface area (Å²) in [5, 5.41) is 1.45. The van der Waals surface area contributed by atoms with E-state index >= 15 is 0 Å². The highest BCUT2D eigenvalue weighted by Gasteiger charge is 2.40. The summed E-state index contributed by atoms with van der Waals surface area (Å²) < 4.78 is 20.8. The van der Waals surface area contributed by atoms with Crippen molar-refractivity contribution in [3.63, 3.8) is 0 Å². The minimum Gasteiger partial charge on any atom is -0.296 e. The van der Waals surface area contributed by atoms with Crippen LogP contribution in [0.5, 0.6) is 0 Å². The van der Waals surface area contributed by atoms with Crippen molar-refractivity contribution in [3.05, 3.63) is 0 Å². The summed E-state index contributed by atoms with van der Waals surface area (Å²) in [5.41, 5.74) is -0.150. The SMILES string of the molecule is O=P1(Cl)OCC(CBr)(CBr)CO1. The van der Waals surface area contributed by atoms with Crippen LogP contribution in [0.25, 0.3) is 0 Å². The van der Waals surface area contributed by atoms with Crippen molar-refractivity contribution in [3.8, 4) is 0 Å². The molecule has 1 heterocycles. The molecule has 0 aliphatic carbocycles. The molecule has 12 heavy (non-hydrogen) atoms. The zero-order chi connectivity index (χ0) is 9.24. The highest BCUT2D eigenvalue weighted by Crippen LogP contribution is 2.58. The molecule has 0 aromatic heterocycles. The van der Waals surface area contributed by atoms with Gasteiger partial charge in [0, 0.05) is 27.3 Å². The number of alkyl halides is 2. The van der Waals surface area contributed by atoms with Crippen molar-refractivity contribution in [2.75, 3.05) is 23.9 Å². The lowest BCUT2D eigenvalue weighted by Crippen LogP contribution is -2.38. The summed E-state index contributed by atoms with van der Waals surface area (Å²) in [5.74, 6) is 0. The van der Waals surface area contributed by atoms with Crippen LogP contribution in [0, 0.1) is 5.41 Å². The monoisotopic (exact) mass is 340 g/mol. The van der Waals surface area contributed by atoms with Gasteiger partial charge in [-0.15, -0.1) is 0 Å². The van der Waals surface area contributed by atoms with Gasteiger partial charge in [-0.2, -0.15) is 0 Å². The fourth-order valence-corrected chi connectivity index (χ4v) is 3.50. The van der Waals surface area contributed by atoms with Gasteiger partial charge in [0.15, 0.2) is 0 Å². The van der Waals surface area contributed by atoms with Gasteiger partial charge < -0.3 is 0 Å². The van der Waals surface area contributed by atoms with Crippen molar-refractivity contribution >= 4 is 50.0 Å². The molecular formula is C5H8Br2ClO3P. The summed E-state index contributed by atoms with van der Waals surface area (Å²) in [6.07, 6.45) is 0. The molecule has 0 unspecified atom stereocenters. The Morgan fingerprint density at radius 2 is 1.75 bits per heavy atom. The molecule has 1 fully saturated rings. The molecule has 0 aromatic carbocycles. The maximum atomic E-state index is 11.0. The van der Waals surface area contributed by atoms with Gasteiger partial charge in [-0.1, -0.05) is 31.9 Å². The van der Waals surface area contributed by atoms with E-state index in [1.54, 1.807) is 0 Å². The second kappa shape index (κ2) is 4.28. The van der Waals surface area contributed by atoms with Gasteiger partial charge >= 0.3 is 6.95 Å². The zero-order valence-electron chi connectivity index (χ0n) is 6.13. The molecule has 0 bridgehead atoms. The third-order valence-electron chi connectivity index (χ3n) is 1.62. The molecule has 1 aliphatic rings. The number of halogens is 3. The molecule has 0 radical (unpaired) electrons. The summed E-state index contributed by atoms with van der Waals surface area (Å²) >= 11 is 12.1. The highest BCUT2D eigenvalue weighted by atomic mass is 79.9. The van der Waals surface area contributed by atoms with Crippen molar-refractivity contribution in [2.45, 2.75) is 0 Å². The maximum absolute atomic E-state index is 11.0. The second-order valence-corrected chi connectivity index (χ2v) is 6.49. The minimum absolute atomic E-state index is 0.150. The van der Waals surface area contributed by atoms with E-state index in [-0.39, 0.29) is 5.41 Å². The fraction of sp³-hybridized carbons (Fsp3) is 1.00. The van der Waals surface area contributed by atoms with Crippen LogP contribution in [0.4, 0.5) is 0 Å². The Labute approximate surface area is 92.7 Å². The summed E-state index contributed by atoms with van der Waals surface area (Å²) in [6.45, 7) is -2.56. The van der Waals surface area contributed by atoms with E-state index in [1.807, 2.05) is 0 Å². The first kappa shape index (κ1) is 11.5. The average molecular weight is 342 g/mol. The predicted octanol–water partition coefficient (Wildman–Crippen LogP) is 3.16. The molecule has 1 aliphatic heterocycles. The van der Waals surface area contributed by atoms with Crippen LogP contribution in [0.2, 0.25) is 0 Å². The number of hydrogen-bond donors (Lipinski definition) is 0. The second-order valence-electron chi connectivity index (χ2n) is 2.74. The fourth-order valence-electron chi connectivity index (χ4n) is 0.697. The lowest BCUT2D eigenvalue weighted by molar-refractivity contribution is 0.0571. The first-order valence-electron chi connectivity index (χ1n) is 3.24. The molecule has 0 spiro atoms. The van der Waals surface area contributed by atoms with Crippen LogP contribution >= 0.6 is 50.0 Å². The quantitative estimate of drug-likeness (QED) is 0.571. The van der Waals surface area contributed by atoms with Gasteiger partial charge in [0.25, 0.3) is 0 Å². The van der Waals surface area contributed by atoms with Crippen LogP contribution in [0.15, 0.2) is 0 Å². The molecule has 0 amide bonds. The smallest absolute Gasteiger partial charge is 0.296 e. The van der Waals surface area contributed by atoms with E-state index in [1.165, 1.54) is 0 Å². The first-order valence-corrected chi connectivity index (χ1v) is 7.93. The first-order chi connectivity index (χ1) is 5.54. The van der Waals surface area contributed by atoms with Crippen LogP contribution in [-0.4, -0.2) is 23.9 Å². The van der Waals surface area contributed by atoms with E-state index in [4.69, 9.17) is 20.3 Å². The topological polar surface area (TPSA) is 35.5 Å². The Morgan fingerprint density at radius 1 is 1.33 bits per heavy atom. The van der Waals surface area contributed by atoms with Crippen LogP contribution in [-0.2, 0) is 13.6 Å². The molecule has 0 atom stereocenters. The van der Waals surface area contributed by atoms with Gasteiger partial charge in [-0.25, -0.2) is 4.57 Å². The summed E-state index contributed by atoms with van der Waals surface area (Å²) in [6, 6.07) is 0. The zero-order valence-corrected chi connectivity index (χ0v) is 11.0. The molecule has 3 nitrogen and oxygen atoms in total. The molecule has 7 heteroatoms. The summed E-state index contributed by atoms with van der Waals surface area (Å²) in [7, 11) is 0. The van der Waals surface area contributed by atoms with E-state index < -0.39 is 6.95 Å². The van der Waals surface area contributed by atoms with Crippen LogP contribution < -0.4 is 0 Å². The highest BCUT2D eigenvalue weighted by molar-refractivity contribution is 9.09. The molecular weight excluding hydrogens is 334 g/mol. The van der Waals surface area contributed by atoms with E-state index in [2.05, 4.69) is 31.9 Å². The minimum atomic E-state index is -3.26. The lowest BCUT2D eigenvalue weighted by Gasteiger charge is -2.34. The van der Waals surface area contributed by atoms with Crippen LogP contribution in [0.3, 0.4) is 0 Å². The van der Waals surface area contributed by atoms with Gasteiger partial charge in [0.1, 0.15) is 0 Å². The van der Waals surface area contributed by atoms with E-state index in [0.29, 0.717) is 13.2 Å². The molecule has 1 rings (SSSR count). The average Bonchev–Trinajstić information content (AvgIpc) is 2.06. The van der Waals surface area contributed by atoms with Crippen molar-refractivity contribution in [2.24, 2.45) is 5.41 Å². The third kappa shape index (κ3) is 2.69. The van der Waals surface area contributed by atoms with E-state index in [0.717, 1.165) is 10.7 Å². The van der Waals surface area contributed by atoms with Gasteiger partial charge in [0.2, 0.25) is 0 Å². The molecule has 72 valence electrons. The van der Waals surface area contributed by atoms with Crippen molar-refractivity contribution in [1.82, 2.24) is 0 Å². The standard InChI is InChI=1S/C5H8Br2ClO3P/c6-1-5(2-7)3-10-12(8,9)11-4-5/h1-4H2. The van der Waals surface area contributed by atoms with E-state index in [9.17, 15) is 4.57 Å². The number of rotatable bonds is 2. The Balaban J connectivity index is 2.59. The van der Waals surface area contributed by atoms with Gasteiger partial charge in [-0.05, 0) is 0 Å². The lowest BCUT2D eigenvalue weighted by atomic mass is 9.96. The largest absolute Gasteiger partial charge is 0.424 e. The Kier molecular flexibility index (Phi) is 4.09. The Morgan fingerprint density at radius 3 is 2.08 bits per heavy atom. The molecule has 1 saturated heterocycles. The van der Waals surface area contributed by atoms with Crippen LogP contribution in [0.1, 0.15) is 0 Å². The van der Waals surface area contributed by atoms with Gasteiger partial charge in [0.05, 0.1) is 13.2 Å². The molecule has 0 saturated carbocycles. The third-order valence-corrected chi connectivity index (χ3v) is 5.46. The Hall–Kier alpha value is 1.40. The van der Waals surface area contributed by atoms with Gasteiger partial charge in [-0.3, -0.25) is 9.05 Å². The van der Waals surface area contributed by atoms with Crippen molar-refractivity contribution in [1.29, 1.82) is 0 Å². The Bertz CT molecular complexity index is 195. The number of hydrogen-bond acceptors (Lipinski definition) is 3. The van der Waals surface area contributed by atoms with Crippen molar-refractivity contribution < 1.29 is 13.6 Å². The maximum Gasteiger partial charge on any atom is 0.424 e.